The van der Waals surface area contributed by atoms with Crippen LogP contribution in [-0.4, -0.2) is 18.0 Å². The molecular weight excluding hydrogens is 517 g/mol. The van der Waals surface area contributed by atoms with E-state index in [9.17, 15) is 13.2 Å². The molecule has 41 heavy (non-hydrogen) atoms. The van der Waals surface area contributed by atoms with Crippen LogP contribution in [0, 0.1) is 40.4 Å². The summed E-state index contributed by atoms with van der Waals surface area (Å²) in [6, 6.07) is 7.86. The normalized spacial score (nSPS) is 10.9. The molecular formula is C36H53F3N2. The number of nitrogens with zero attached hydrogens (tertiary/aromatic N) is 1. The number of nitrogens with one attached hydrogen (secondary N) is 1. The van der Waals surface area contributed by atoms with Crippen LogP contribution < -0.4 is 5.32 Å². The van der Waals surface area contributed by atoms with Gasteiger partial charge in [-0.2, -0.15) is 0 Å². The molecule has 228 valence electrons. The second-order valence-electron chi connectivity index (χ2n) is 11.3. The Labute approximate surface area is 248 Å². The summed E-state index contributed by atoms with van der Waals surface area (Å²) in [4.78, 5) is 4.17. The maximum absolute atomic E-state index is 13.5. The van der Waals surface area contributed by atoms with Crippen molar-refractivity contribution in [3.8, 4) is 11.1 Å². The van der Waals surface area contributed by atoms with Crippen LogP contribution in [0.25, 0.3) is 11.1 Å². The fraction of sp³-hybridized carbons (Fsp3) is 0.528. The number of alkyl halides is 2. The molecule has 1 heterocycles. The van der Waals surface area contributed by atoms with Gasteiger partial charge < -0.3 is 5.32 Å². The number of halogens is 3. The van der Waals surface area contributed by atoms with E-state index in [-0.39, 0.29) is 12.2 Å². The molecule has 0 saturated heterocycles. The van der Waals surface area contributed by atoms with E-state index >= 15 is 0 Å². The first-order chi connectivity index (χ1) is 19.3. The third kappa shape index (κ3) is 10.8. The van der Waals surface area contributed by atoms with Crippen molar-refractivity contribution in [3.63, 3.8) is 0 Å². The zero-order valence-electron chi connectivity index (χ0n) is 27.3. The fourth-order valence-corrected chi connectivity index (χ4v) is 5.21. The van der Waals surface area contributed by atoms with Crippen molar-refractivity contribution in [3.05, 3.63) is 81.4 Å². The summed E-state index contributed by atoms with van der Waals surface area (Å²) in [5.74, 6) is 0.889. The number of hydrogen-bond acceptors (Lipinski definition) is 2. The molecule has 3 rings (SSSR count). The highest BCUT2D eigenvalue weighted by Gasteiger charge is 2.14. The van der Waals surface area contributed by atoms with Gasteiger partial charge in [0.25, 0.3) is 0 Å². The van der Waals surface area contributed by atoms with E-state index in [2.05, 4.69) is 57.1 Å². The number of rotatable bonds is 10. The first kappa shape index (κ1) is 36.2. The molecule has 0 aliphatic heterocycles. The Hall–Kier alpha value is -2.82. The molecule has 1 aromatic heterocycles. The second kappa shape index (κ2) is 17.9. The molecule has 2 nitrogen and oxygen atoms in total. The lowest BCUT2D eigenvalue weighted by Gasteiger charge is -2.21. The van der Waals surface area contributed by atoms with Gasteiger partial charge >= 0.3 is 0 Å². The van der Waals surface area contributed by atoms with Gasteiger partial charge in [0.2, 0.25) is 6.43 Å². The molecule has 0 aliphatic rings. The zero-order chi connectivity index (χ0) is 31.3. The molecule has 0 atom stereocenters. The van der Waals surface area contributed by atoms with Crippen molar-refractivity contribution in [2.45, 2.75) is 120 Å². The summed E-state index contributed by atoms with van der Waals surface area (Å²) in [6.07, 6.45) is 3.97. The second-order valence-corrected chi connectivity index (χ2v) is 11.3. The molecule has 0 aliphatic carbocycles. The summed E-state index contributed by atoms with van der Waals surface area (Å²) < 4.78 is 37.6. The molecule has 0 fully saturated rings. The largest absolute Gasteiger partial charge is 0.385 e. The van der Waals surface area contributed by atoms with E-state index in [1.807, 2.05) is 60.0 Å². The van der Waals surface area contributed by atoms with E-state index in [1.165, 1.54) is 28.3 Å². The van der Waals surface area contributed by atoms with Gasteiger partial charge in [-0.15, -0.1) is 0 Å². The number of hydrogen-bond donors (Lipinski definition) is 1. The standard InChI is InChI=1S/C19H31F2N.C15H16FN.C2H6/c1-13(2)17-12-16(11-15(5)19(17)14(3)4)22-10-8-6-7-9-18(20)21;1-9-7-17-8-10(2)15(9)13-5-6-14(16)12(4)11(13)3;1-2/h11-14,18,22H,6-10H2,1-5H3;5-8H,1-4H3;1-2H3. The maximum Gasteiger partial charge on any atom is 0.238 e. The molecule has 5 heteroatoms. The first-order valence-corrected chi connectivity index (χ1v) is 15.2. The molecule has 0 bridgehead atoms. The highest BCUT2D eigenvalue weighted by molar-refractivity contribution is 5.73. The van der Waals surface area contributed by atoms with Crippen LogP contribution in [0.1, 0.15) is 118 Å². The van der Waals surface area contributed by atoms with E-state index in [0.29, 0.717) is 18.3 Å². The fourth-order valence-electron chi connectivity index (χ4n) is 5.21. The lowest BCUT2D eigenvalue weighted by Crippen LogP contribution is -2.07. The number of aryl methyl sites for hydroxylation is 3. The summed E-state index contributed by atoms with van der Waals surface area (Å²) in [7, 11) is 0. The van der Waals surface area contributed by atoms with E-state index in [0.717, 1.165) is 52.9 Å². The smallest absolute Gasteiger partial charge is 0.238 e. The van der Waals surface area contributed by atoms with Gasteiger partial charge in [0.1, 0.15) is 5.82 Å². The lowest BCUT2D eigenvalue weighted by molar-refractivity contribution is 0.134. The van der Waals surface area contributed by atoms with E-state index in [4.69, 9.17) is 0 Å². The Morgan fingerprint density at radius 2 is 1.37 bits per heavy atom. The molecule has 0 saturated carbocycles. The Morgan fingerprint density at radius 1 is 0.756 bits per heavy atom. The van der Waals surface area contributed by atoms with Crippen molar-refractivity contribution in [1.29, 1.82) is 0 Å². The average Bonchev–Trinajstić information content (AvgIpc) is 2.91. The van der Waals surface area contributed by atoms with E-state index < -0.39 is 6.43 Å². The summed E-state index contributed by atoms with van der Waals surface area (Å²) >= 11 is 0. The van der Waals surface area contributed by atoms with Gasteiger partial charge in [-0.1, -0.05) is 54.0 Å². The SMILES string of the molecule is CC.Cc1cc(NCCCCCC(F)F)cc(C(C)C)c1C(C)C.Cc1cncc(C)c1-c1ccc(F)c(C)c1C. The lowest BCUT2D eigenvalue weighted by atomic mass is 9.87. The van der Waals surface area contributed by atoms with Crippen molar-refractivity contribution in [2.24, 2.45) is 0 Å². The Kier molecular flexibility index (Phi) is 15.8. The van der Waals surface area contributed by atoms with Gasteiger partial charge in [0, 0.05) is 31.0 Å². The maximum atomic E-state index is 13.5. The molecule has 1 N–H and O–H groups in total. The Bertz CT molecular complexity index is 1200. The topological polar surface area (TPSA) is 24.9 Å². The van der Waals surface area contributed by atoms with Gasteiger partial charge in [-0.25, -0.2) is 13.2 Å². The van der Waals surface area contributed by atoms with Crippen LogP contribution in [0.3, 0.4) is 0 Å². The monoisotopic (exact) mass is 570 g/mol. The van der Waals surface area contributed by atoms with Crippen LogP contribution in [-0.2, 0) is 0 Å². The highest BCUT2D eigenvalue weighted by Crippen LogP contribution is 2.33. The number of unbranched alkanes of at least 4 members (excludes halogenated alkanes) is 2. The summed E-state index contributed by atoms with van der Waals surface area (Å²) in [5.41, 5.74) is 11.6. The van der Waals surface area contributed by atoms with Crippen LogP contribution in [0.2, 0.25) is 0 Å². The molecule has 0 spiro atoms. The third-order valence-electron chi connectivity index (χ3n) is 7.36. The van der Waals surface area contributed by atoms with Gasteiger partial charge in [-0.3, -0.25) is 4.98 Å². The molecule has 0 unspecified atom stereocenters. The number of pyridine rings is 1. The van der Waals surface area contributed by atoms with Crippen molar-refractivity contribution in [1.82, 2.24) is 4.98 Å². The van der Waals surface area contributed by atoms with Gasteiger partial charge in [0.15, 0.2) is 0 Å². The van der Waals surface area contributed by atoms with Crippen molar-refractivity contribution < 1.29 is 13.2 Å². The summed E-state index contributed by atoms with van der Waals surface area (Å²) in [6.45, 7) is 23.8. The quantitative estimate of drug-likeness (QED) is 0.245. The van der Waals surface area contributed by atoms with Crippen LogP contribution >= 0.6 is 0 Å². The number of benzene rings is 2. The molecule has 0 radical (unpaired) electrons. The highest BCUT2D eigenvalue weighted by atomic mass is 19.3. The number of anilines is 1. The molecule has 3 aromatic rings. The average molecular weight is 571 g/mol. The molecule has 0 amide bonds. The number of aromatic nitrogens is 1. The minimum Gasteiger partial charge on any atom is -0.385 e. The van der Waals surface area contributed by atoms with Crippen molar-refractivity contribution >= 4 is 5.69 Å². The zero-order valence-corrected chi connectivity index (χ0v) is 27.3. The van der Waals surface area contributed by atoms with E-state index in [1.54, 1.807) is 0 Å². The third-order valence-corrected chi connectivity index (χ3v) is 7.36. The first-order valence-electron chi connectivity index (χ1n) is 15.2. The minimum atomic E-state index is -2.16. The Morgan fingerprint density at radius 3 is 1.90 bits per heavy atom. The van der Waals surface area contributed by atoms with Crippen LogP contribution in [0.4, 0.5) is 18.9 Å². The predicted octanol–water partition coefficient (Wildman–Crippen LogP) is 11.6. The van der Waals surface area contributed by atoms with Gasteiger partial charge in [-0.05, 0) is 128 Å². The van der Waals surface area contributed by atoms with Crippen molar-refractivity contribution in [2.75, 3.05) is 11.9 Å². The van der Waals surface area contributed by atoms with Gasteiger partial charge in [0.05, 0.1) is 0 Å². The summed E-state index contributed by atoms with van der Waals surface area (Å²) in [5, 5.41) is 3.45. The van der Waals surface area contributed by atoms with Crippen LogP contribution in [0.5, 0.6) is 0 Å². The minimum absolute atomic E-state index is 0.0275. The predicted molar refractivity (Wildman–Crippen MR) is 172 cm³/mol. The molecule has 2 aromatic carbocycles. The van der Waals surface area contributed by atoms with Crippen LogP contribution in [0.15, 0.2) is 36.7 Å². The Balaban J connectivity index is 0.000000396.